The Labute approximate surface area is 223 Å². The smallest absolute Gasteiger partial charge is 0.258 e. The number of fused-ring (bicyclic) bond motifs is 1. The molecule has 0 bridgehead atoms. The second kappa shape index (κ2) is 11.3. The second-order valence-corrected chi connectivity index (χ2v) is 9.73. The van der Waals surface area contributed by atoms with Crippen molar-refractivity contribution in [2.75, 3.05) is 27.8 Å². The average Bonchev–Trinajstić information content (AvgIpc) is 2.90. The Morgan fingerprint density at radius 3 is 2.16 bits per heavy atom. The molecule has 0 unspecified atom stereocenters. The Morgan fingerprint density at radius 1 is 0.946 bits per heavy atom. The minimum absolute atomic E-state index is 0.00275. The molecule has 37 heavy (non-hydrogen) atoms. The van der Waals surface area contributed by atoms with Gasteiger partial charge in [0.25, 0.3) is 5.91 Å². The van der Waals surface area contributed by atoms with Crippen LogP contribution in [0.3, 0.4) is 0 Å². The minimum Gasteiger partial charge on any atom is -0.372 e. The number of benzene rings is 3. The van der Waals surface area contributed by atoms with E-state index < -0.39 is 0 Å². The fraction of sp³-hybridized carbons (Fsp3) is 0.333. The van der Waals surface area contributed by atoms with Gasteiger partial charge >= 0.3 is 0 Å². The molecular formula is C30H33ClFN3O2. The second-order valence-electron chi connectivity index (χ2n) is 9.29. The maximum Gasteiger partial charge on any atom is 0.258 e. The van der Waals surface area contributed by atoms with E-state index in [0.29, 0.717) is 23.4 Å². The van der Waals surface area contributed by atoms with Crippen molar-refractivity contribution in [1.29, 1.82) is 0 Å². The van der Waals surface area contributed by atoms with Crippen LogP contribution in [0.1, 0.15) is 62.5 Å². The number of anilines is 3. The highest BCUT2D eigenvalue weighted by Gasteiger charge is 2.39. The lowest BCUT2D eigenvalue weighted by Gasteiger charge is -2.44. The molecule has 3 aromatic carbocycles. The summed E-state index contributed by atoms with van der Waals surface area (Å²) in [4.78, 5) is 32.9. The lowest BCUT2D eigenvalue weighted by atomic mass is 9.88. The van der Waals surface area contributed by atoms with E-state index in [1.54, 1.807) is 17.0 Å². The predicted molar refractivity (Wildman–Crippen MR) is 149 cm³/mol. The maximum absolute atomic E-state index is 13.7. The van der Waals surface area contributed by atoms with Crippen LogP contribution in [0.15, 0.2) is 66.7 Å². The standard InChI is InChI=1S/C30H33ClFN3O2/c1-5-29(36)35(24-14-10-22(31)11-15-24)28-18-20(4)34(30(37)21-8-12-23(32)13-9-21)27-17-16-25(19-26(27)28)33(6-2)7-3/h8-17,19-20,28H,5-7,18H2,1-4H3/t20-,28+/m0/s1. The van der Waals surface area contributed by atoms with Crippen molar-refractivity contribution in [3.63, 3.8) is 0 Å². The summed E-state index contributed by atoms with van der Waals surface area (Å²) >= 11 is 6.15. The van der Waals surface area contributed by atoms with Crippen LogP contribution in [-0.4, -0.2) is 30.9 Å². The number of nitrogens with zero attached hydrogens (tertiary/aromatic N) is 3. The first-order chi connectivity index (χ1) is 17.8. The molecule has 2 atom stereocenters. The lowest BCUT2D eigenvalue weighted by Crippen LogP contribution is -2.48. The molecule has 4 rings (SSSR count). The van der Waals surface area contributed by atoms with Gasteiger partial charge in [-0.2, -0.15) is 0 Å². The third-order valence-electron chi connectivity index (χ3n) is 7.06. The summed E-state index contributed by atoms with van der Waals surface area (Å²) in [5, 5.41) is 0.602. The third-order valence-corrected chi connectivity index (χ3v) is 7.31. The highest BCUT2D eigenvalue weighted by molar-refractivity contribution is 6.30. The number of amides is 2. The molecule has 5 nitrogen and oxygen atoms in total. The van der Waals surface area contributed by atoms with E-state index in [1.165, 1.54) is 24.3 Å². The van der Waals surface area contributed by atoms with Crippen LogP contribution in [0.4, 0.5) is 21.5 Å². The average molecular weight is 522 g/mol. The van der Waals surface area contributed by atoms with E-state index in [1.807, 2.05) is 43.0 Å². The van der Waals surface area contributed by atoms with Crippen molar-refractivity contribution >= 4 is 40.5 Å². The number of hydrogen-bond acceptors (Lipinski definition) is 3. The zero-order chi connectivity index (χ0) is 26.7. The molecule has 1 aliphatic rings. The van der Waals surface area contributed by atoms with Crippen LogP contribution in [0, 0.1) is 5.82 Å². The van der Waals surface area contributed by atoms with Crippen molar-refractivity contribution in [2.45, 2.75) is 52.6 Å². The molecular weight excluding hydrogens is 489 g/mol. The molecule has 1 heterocycles. The predicted octanol–water partition coefficient (Wildman–Crippen LogP) is 7.25. The number of halogens is 2. The molecule has 7 heteroatoms. The van der Waals surface area contributed by atoms with E-state index >= 15 is 0 Å². The van der Waals surface area contributed by atoms with Crippen molar-refractivity contribution in [3.8, 4) is 0 Å². The topological polar surface area (TPSA) is 43.9 Å². The minimum atomic E-state index is -0.385. The van der Waals surface area contributed by atoms with Crippen LogP contribution < -0.4 is 14.7 Å². The SMILES string of the molecule is CCC(=O)N(c1ccc(Cl)cc1)[C@@H]1C[C@H](C)N(C(=O)c2ccc(F)cc2)c2ccc(N(CC)CC)cc21. The summed E-state index contributed by atoms with van der Waals surface area (Å²) in [6.45, 7) is 9.73. The van der Waals surface area contributed by atoms with E-state index in [4.69, 9.17) is 11.6 Å². The Hall–Kier alpha value is -3.38. The van der Waals surface area contributed by atoms with Gasteiger partial charge in [0.1, 0.15) is 5.82 Å². The van der Waals surface area contributed by atoms with Gasteiger partial charge in [-0.15, -0.1) is 0 Å². The van der Waals surface area contributed by atoms with Gasteiger partial charge in [0, 0.05) is 58.8 Å². The highest BCUT2D eigenvalue weighted by Crippen LogP contribution is 2.44. The van der Waals surface area contributed by atoms with Gasteiger partial charge < -0.3 is 14.7 Å². The molecule has 3 aromatic rings. The van der Waals surface area contributed by atoms with Crippen molar-refractivity contribution in [1.82, 2.24) is 0 Å². The van der Waals surface area contributed by atoms with Crippen LogP contribution >= 0.6 is 11.6 Å². The van der Waals surface area contributed by atoms with Gasteiger partial charge in [-0.3, -0.25) is 9.59 Å². The van der Waals surface area contributed by atoms with Gasteiger partial charge in [-0.1, -0.05) is 18.5 Å². The molecule has 0 saturated heterocycles. The van der Waals surface area contributed by atoms with Gasteiger partial charge in [0.2, 0.25) is 5.91 Å². The molecule has 0 fully saturated rings. The fourth-order valence-corrected chi connectivity index (χ4v) is 5.29. The molecule has 0 saturated carbocycles. The summed E-state index contributed by atoms with van der Waals surface area (Å²) in [6, 6.07) is 18.6. The van der Waals surface area contributed by atoms with Crippen LogP contribution in [0.5, 0.6) is 0 Å². The van der Waals surface area contributed by atoms with Gasteiger partial charge in [0.05, 0.1) is 6.04 Å². The first-order valence-electron chi connectivity index (χ1n) is 12.8. The number of hydrogen-bond donors (Lipinski definition) is 0. The normalized spacial score (nSPS) is 16.8. The monoisotopic (exact) mass is 521 g/mol. The zero-order valence-corrected chi connectivity index (χ0v) is 22.5. The molecule has 194 valence electrons. The quantitative estimate of drug-likeness (QED) is 0.329. The largest absolute Gasteiger partial charge is 0.372 e. The molecule has 2 amide bonds. The molecule has 1 aliphatic heterocycles. The zero-order valence-electron chi connectivity index (χ0n) is 21.7. The summed E-state index contributed by atoms with van der Waals surface area (Å²) in [5.74, 6) is -0.580. The highest BCUT2D eigenvalue weighted by atomic mass is 35.5. The van der Waals surface area contributed by atoms with E-state index in [9.17, 15) is 14.0 Å². The van der Waals surface area contributed by atoms with Gasteiger partial charge in [-0.25, -0.2) is 4.39 Å². The van der Waals surface area contributed by atoms with Gasteiger partial charge in [0.15, 0.2) is 0 Å². The fourth-order valence-electron chi connectivity index (χ4n) is 5.16. The van der Waals surface area contributed by atoms with Crippen LogP contribution in [-0.2, 0) is 4.79 Å². The summed E-state index contributed by atoms with van der Waals surface area (Å²) in [6.07, 6.45) is 0.896. The molecule has 0 spiro atoms. The number of rotatable bonds is 7. The Balaban J connectivity index is 1.87. The first-order valence-corrected chi connectivity index (χ1v) is 13.2. The maximum atomic E-state index is 13.7. The van der Waals surface area contributed by atoms with Crippen molar-refractivity contribution in [2.24, 2.45) is 0 Å². The van der Waals surface area contributed by atoms with Crippen LogP contribution in [0.2, 0.25) is 5.02 Å². The van der Waals surface area contributed by atoms with Crippen LogP contribution in [0.25, 0.3) is 0 Å². The number of carbonyl (C=O) groups is 2. The summed E-state index contributed by atoms with van der Waals surface area (Å²) in [7, 11) is 0. The molecule has 0 radical (unpaired) electrons. The van der Waals surface area contributed by atoms with Gasteiger partial charge in [-0.05, 0) is 93.9 Å². The summed E-state index contributed by atoms with van der Waals surface area (Å²) in [5.41, 5.74) is 3.90. The lowest BCUT2D eigenvalue weighted by molar-refractivity contribution is -0.118. The van der Waals surface area contributed by atoms with E-state index in [2.05, 4.69) is 24.8 Å². The molecule has 0 aromatic heterocycles. The Bertz CT molecular complexity index is 1260. The van der Waals surface area contributed by atoms with E-state index in [-0.39, 0.29) is 29.7 Å². The Kier molecular flexibility index (Phi) is 8.18. The summed E-state index contributed by atoms with van der Waals surface area (Å²) < 4.78 is 13.6. The van der Waals surface area contributed by atoms with Crippen molar-refractivity contribution < 1.29 is 14.0 Å². The molecule has 0 N–H and O–H groups in total. The molecule has 0 aliphatic carbocycles. The third kappa shape index (κ3) is 5.35. The van der Waals surface area contributed by atoms with Crippen molar-refractivity contribution in [3.05, 3.63) is 88.7 Å². The number of carbonyl (C=O) groups excluding carboxylic acids is 2. The Morgan fingerprint density at radius 2 is 1.57 bits per heavy atom. The first kappa shape index (κ1) is 26.7. The van der Waals surface area contributed by atoms with E-state index in [0.717, 1.165) is 35.7 Å².